The van der Waals surface area contributed by atoms with Crippen molar-refractivity contribution < 1.29 is 9.18 Å². The number of fused-ring (bicyclic) bond motifs is 1. The van der Waals surface area contributed by atoms with Crippen molar-refractivity contribution in [2.75, 3.05) is 5.32 Å². The first-order chi connectivity index (χ1) is 13.0. The number of hydrogen-bond donors (Lipinski definition) is 1. The Kier molecular flexibility index (Phi) is 3.46. The van der Waals surface area contributed by atoms with Crippen LogP contribution in [0.3, 0.4) is 0 Å². The largest absolute Gasteiger partial charge is 0.324 e. The van der Waals surface area contributed by atoms with Gasteiger partial charge in [0.05, 0.1) is 22.4 Å². The summed E-state index contributed by atoms with van der Waals surface area (Å²) in [7, 11) is 1.80. The predicted molar refractivity (Wildman–Crippen MR) is 107 cm³/mol. The number of carbonyl (C=O) groups is 1. The molecular formula is C20H16BrFN4O. The van der Waals surface area contributed by atoms with Crippen LogP contribution in [0.5, 0.6) is 0 Å². The molecule has 136 valence electrons. The lowest BCUT2D eigenvalue weighted by Gasteiger charge is -2.26. The minimum absolute atomic E-state index is 0.0392. The molecule has 3 heterocycles. The zero-order valence-electron chi connectivity index (χ0n) is 14.8. The number of imidazole rings is 1. The monoisotopic (exact) mass is 426 g/mol. The van der Waals surface area contributed by atoms with E-state index in [-0.39, 0.29) is 17.8 Å². The molecule has 1 aliphatic heterocycles. The normalized spacial score (nSPS) is 16.3. The number of aryl methyl sites for hydroxylation is 1. The van der Waals surface area contributed by atoms with Crippen molar-refractivity contribution in [3.05, 3.63) is 46.7 Å². The minimum Gasteiger partial charge on any atom is -0.324 e. The van der Waals surface area contributed by atoms with Gasteiger partial charge in [-0.1, -0.05) is 35.0 Å². The molecule has 0 aliphatic carbocycles. The average Bonchev–Trinajstić information content (AvgIpc) is 3.15. The number of nitrogens with zero attached hydrogens (tertiary/aromatic N) is 3. The van der Waals surface area contributed by atoms with E-state index in [0.29, 0.717) is 27.8 Å². The Labute approximate surface area is 162 Å². The third-order valence-electron chi connectivity index (χ3n) is 5.24. The SMILES string of the molecule is CCC1C(=O)Nc2cccc3cc(-c4nc5cc(Br)cc(F)c5n4C)n1c23. The summed E-state index contributed by atoms with van der Waals surface area (Å²) in [6, 6.07) is 10.8. The van der Waals surface area contributed by atoms with Crippen LogP contribution in [0.2, 0.25) is 0 Å². The van der Waals surface area contributed by atoms with Crippen molar-refractivity contribution in [2.45, 2.75) is 19.4 Å². The fourth-order valence-electron chi connectivity index (χ4n) is 4.08. The standard InChI is InChI=1S/C20H16BrFN4O/c1-3-15-20(27)24-13-6-4-5-10-7-16(26(15)17(10)13)19-23-14-9-11(21)8-12(22)18(14)25(19)2/h4-9,15H,3H2,1-2H3,(H,24,27). The van der Waals surface area contributed by atoms with E-state index < -0.39 is 0 Å². The van der Waals surface area contributed by atoms with E-state index in [1.54, 1.807) is 17.7 Å². The van der Waals surface area contributed by atoms with Crippen LogP contribution in [0, 0.1) is 5.82 Å². The predicted octanol–water partition coefficient (Wildman–Crippen LogP) is 5.00. The van der Waals surface area contributed by atoms with Gasteiger partial charge in [0.1, 0.15) is 17.4 Å². The summed E-state index contributed by atoms with van der Waals surface area (Å²) in [6.07, 6.45) is 0.654. The van der Waals surface area contributed by atoms with Gasteiger partial charge in [-0.25, -0.2) is 9.37 Å². The molecule has 1 unspecified atom stereocenters. The van der Waals surface area contributed by atoms with Crippen LogP contribution in [0.1, 0.15) is 19.4 Å². The molecule has 1 atom stereocenters. The number of aromatic nitrogens is 3. The summed E-state index contributed by atoms with van der Waals surface area (Å²) < 4.78 is 19.0. The van der Waals surface area contributed by atoms with Crippen molar-refractivity contribution in [2.24, 2.45) is 7.05 Å². The molecule has 0 bridgehead atoms. The van der Waals surface area contributed by atoms with E-state index in [0.717, 1.165) is 22.3 Å². The van der Waals surface area contributed by atoms with E-state index in [9.17, 15) is 9.18 Å². The average molecular weight is 427 g/mol. The Hall–Kier alpha value is -2.67. The topological polar surface area (TPSA) is 51.9 Å². The van der Waals surface area contributed by atoms with Crippen LogP contribution >= 0.6 is 15.9 Å². The molecule has 2 aromatic heterocycles. The van der Waals surface area contributed by atoms with Crippen molar-refractivity contribution in [1.29, 1.82) is 0 Å². The number of hydrogen-bond acceptors (Lipinski definition) is 2. The number of para-hydroxylation sites is 1. The second-order valence-electron chi connectivity index (χ2n) is 6.81. The van der Waals surface area contributed by atoms with Gasteiger partial charge in [-0.15, -0.1) is 0 Å². The van der Waals surface area contributed by atoms with Gasteiger partial charge in [0.2, 0.25) is 5.91 Å². The summed E-state index contributed by atoms with van der Waals surface area (Å²) in [5.74, 6) is 0.265. The van der Waals surface area contributed by atoms with Crippen molar-refractivity contribution in [3.63, 3.8) is 0 Å². The van der Waals surface area contributed by atoms with Gasteiger partial charge in [-0.2, -0.15) is 0 Å². The highest BCUT2D eigenvalue weighted by Gasteiger charge is 2.31. The summed E-state index contributed by atoms with van der Waals surface area (Å²) in [6.45, 7) is 1.99. The molecule has 1 aliphatic rings. The zero-order valence-corrected chi connectivity index (χ0v) is 16.3. The second-order valence-corrected chi connectivity index (χ2v) is 7.72. The molecule has 1 amide bonds. The van der Waals surface area contributed by atoms with E-state index in [1.165, 1.54) is 6.07 Å². The van der Waals surface area contributed by atoms with Crippen LogP contribution in [-0.4, -0.2) is 20.0 Å². The maximum atomic E-state index is 14.5. The molecule has 0 fully saturated rings. The maximum absolute atomic E-state index is 14.5. The lowest BCUT2D eigenvalue weighted by Crippen LogP contribution is -2.30. The van der Waals surface area contributed by atoms with Crippen LogP contribution in [-0.2, 0) is 11.8 Å². The second kappa shape index (κ2) is 5.66. The van der Waals surface area contributed by atoms with E-state index in [1.807, 2.05) is 35.8 Å². The van der Waals surface area contributed by atoms with Gasteiger partial charge in [-0.05, 0) is 30.7 Å². The number of halogens is 2. The number of amides is 1. The Bertz CT molecular complexity index is 1260. The highest BCUT2D eigenvalue weighted by Crippen LogP contribution is 2.40. The van der Waals surface area contributed by atoms with Crippen LogP contribution in [0.4, 0.5) is 10.1 Å². The first-order valence-corrected chi connectivity index (χ1v) is 9.55. The molecule has 4 aromatic rings. The lowest BCUT2D eigenvalue weighted by atomic mass is 10.1. The number of anilines is 1. The van der Waals surface area contributed by atoms with Gasteiger partial charge >= 0.3 is 0 Å². The van der Waals surface area contributed by atoms with Crippen LogP contribution in [0.15, 0.2) is 40.9 Å². The van der Waals surface area contributed by atoms with Gasteiger partial charge < -0.3 is 14.5 Å². The summed E-state index contributed by atoms with van der Waals surface area (Å²) in [4.78, 5) is 17.3. The number of carbonyl (C=O) groups excluding carboxylic acids is 1. The Balaban J connectivity index is 1.88. The van der Waals surface area contributed by atoms with E-state index >= 15 is 0 Å². The third kappa shape index (κ3) is 2.21. The summed E-state index contributed by atoms with van der Waals surface area (Å²) in [5.41, 5.74) is 3.60. The molecule has 5 nitrogen and oxygen atoms in total. The molecular weight excluding hydrogens is 411 g/mol. The lowest BCUT2D eigenvalue weighted by molar-refractivity contribution is -0.119. The van der Waals surface area contributed by atoms with E-state index in [2.05, 4.69) is 21.2 Å². The first kappa shape index (κ1) is 16.5. The highest BCUT2D eigenvalue weighted by molar-refractivity contribution is 9.10. The minimum atomic E-state index is -0.333. The van der Waals surface area contributed by atoms with E-state index in [4.69, 9.17) is 4.98 Å². The van der Waals surface area contributed by atoms with Crippen molar-refractivity contribution in [1.82, 2.24) is 14.1 Å². The summed E-state index contributed by atoms with van der Waals surface area (Å²) >= 11 is 3.33. The zero-order chi connectivity index (χ0) is 18.9. The van der Waals surface area contributed by atoms with Crippen LogP contribution in [0.25, 0.3) is 33.5 Å². The molecule has 2 aromatic carbocycles. The fourth-order valence-corrected chi connectivity index (χ4v) is 4.49. The first-order valence-electron chi connectivity index (χ1n) is 8.76. The maximum Gasteiger partial charge on any atom is 0.247 e. The van der Waals surface area contributed by atoms with Crippen LogP contribution < -0.4 is 5.32 Å². The highest BCUT2D eigenvalue weighted by atomic mass is 79.9. The molecule has 1 N–H and O–H groups in total. The molecule has 0 radical (unpaired) electrons. The van der Waals surface area contributed by atoms with Crippen molar-refractivity contribution >= 4 is 49.5 Å². The fraction of sp³-hybridized carbons (Fsp3) is 0.200. The summed E-state index contributed by atoms with van der Waals surface area (Å²) in [5, 5.41) is 4.02. The molecule has 7 heteroatoms. The molecule has 0 spiro atoms. The molecule has 0 saturated heterocycles. The number of nitrogens with one attached hydrogen (secondary N) is 1. The van der Waals surface area contributed by atoms with Gasteiger partial charge in [0, 0.05) is 16.9 Å². The number of rotatable bonds is 2. The van der Waals surface area contributed by atoms with Gasteiger partial charge in [0.15, 0.2) is 5.82 Å². The molecule has 27 heavy (non-hydrogen) atoms. The smallest absolute Gasteiger partial charge is 0.247 e. The Morgan fingerprint density at radius 1 is 1.26 bits per heavy atom. The Morgan fingerprint density at radius 2 is 2.07 bits per heavy atom. The Morgan fingerprint density at radius 3 is 2.85 bits per heavy atom. The van der Waals surface area contributed by atoms with Gasteiger partial charge in [-0.3, -0.25) is 4.79 Å². The van der Waals surface area contributed by atoms with Gasteiger partial charge in [0.25, 0.3) is 0 Å². The quantitative estimate of drug-likeness (QED) is 0.490. The third-order valence-corrected chi connectivity index (χ3v) is 5.69. The number of benzene rings is 2. The molecule has 5 rings (SSSR count). The van der Waals surface area contributed by atoms with Crippen molar-refractivity contribution in [3.8, 4) is 11.5 Å². The molecule has 0 saturated carbocycles.